The maximum Gasteiger partial charge on any atom is 0.198 e. The molecule has 1 aliphatic carbocycles. The molecular formula is C10H19O3P. The zero-order valence-electron chi connectivity index (χ0n) is 8.97. The maximum atomic E-state index is 11.8. The van der Waals surface area contributed by atoms with Gasteiger partial charge in [-0.15, -0.1) is 0 Å². The molecule has 0 N–H and O–H groups in total. The normalized spacial score (nSPS) is 22.1. The van der Waals surface area contributed by atoms with Crippen LogP contribution in [0.5, 0.6) is 0 Å². The van der Waals surface area contributed by atoms with Crippen LogP contribution in [-0.4, -0.2) is 18.6 Å². The molecule has 82 valence electrons. The van der Waals surface area contributed by atoms with Crippen LogP contribution in [-0.2, 0) is 13.9 Å². The van der Waals surface area contributed by atoms with E-state index >= 15 is 0 Å². The van der Waals surface area contributed by atoms with E-state index < -0.39 is 8.03 Å². The fraction of sp³-hybridized carbons (Fsp3) is 0.900. The van der Waals surface area contributed by atoms with E-state index in [1.54, 1.807) is 6.92 Å². The molecule has 1 fully saturated rings. The van der Waals surface area contributed by atoms with Crippen LogP contribution in [0, 0.1) is 5.41 Å². The second kappa shape index (κ2) is 5.09. The summed E-state index contributed by atoms with van der Waals surface area (Å²) in [5.41, 5.74) is -0.211. The van der Waals surface area contributed by atoms with Gasteiger partial charge in [-0.1, -0.05) is 19.8 Å². The van der Waals surface area contributed by atoms with Crippen LogP contribution in [0.15, 0.2) is 0 Å². The minimum atomic E-state index is -2.11. The third kappa shape index (κ3) is 2.93. The van der Waals surface area contributed by atoms with E-state index in [9.17, 15) is 9.36 Å². The summed E-state index contributed by atoms with van der Waals surface area (Å²) >= 11 is 0. The van der Waals surface area contributed by atoms with Crippen molar-refractivity contribution in [2.75, 3.05) is 12.8 Å². The molecule has 0 bridgehead atoms. The quantitative estimate of drug-likeness (QED) is 0.666. The highest BCUT2D eigenvalue weighted by molar-refractivity contribution is 7.40. The lowest BCUT2D eigenvalue weighted by atomic mass is 9.85. The van der Waals surface area contributed by atoms with Crippen LogP contribution in [0.25, 0.3) is 0 Å². The number of carbonyl (C=O) groups excluding carboxylic acids is 1. The largest absolute Gasteiger partial charge is 0.330 e. The topological polar surface area (TPSA) is 43.4 Å². The molecule has 0 aliphatic heterocycles. The zero-order chi connectivity index (χ0) is 10.6. The molecule has 1 atom stereocenters. The summed E-state index contributed by atoms with van der Waals surface area (Å²) < 4.78 is 16.2. The first-order chi connectivity index (χ1) is 6.58. The van der Waals surface area contributed by atoms with Crippen molar-refractivity contribution >= 4 is 13.8 Å². The molecule has 0 heterocycles. The lowest BCUT2D eigenvalue weighted by molar-refractivity contribution is -0.125. The van der Waals surface area contributed by atoms with Gasteiger partial charge >= 0.3 is 0 Å². The summed E-state index contributed by atoms with van der Waals surface area (Å²) in [5.74, 6) is 0.132. The number of Topliss-reactive ketones (excluding diaryl/α,β-unsaturated/α-hetero) is 1. The van der Waals surface area contributed by atoms with Gasteiger partial charge < -0.3 is 4.52 Å². The van der Waals surface area contributed by atoms with Crippen LogP contribution in [0.1, 0.15) is 39.5 Å². The SMILES string of the molecule is CCO[PH](=O)CC(=O)C1(C)CCCC1. The number of hydrogen-bond donors (Lipinski definition) is 0. The molecule has 1 aliphatic rings. The van der Waals surface area contributed by atoms with E-state index in [4.69, 9.17) is 4.52 Å². The molecule has 0 aromatic rings. The van der Waals surface area contributed by atoms with Gasteiger partial charge in [-0.25, -0.2) is 0 Å². The Morgan fingerprint density at radius 3 is 2.50 bits per heavy atom. The predicted octanol–water partition coefficient (Wildman–Crippen LogP) is 2.65. The van der Waals surface area contributed by atoms with Crippen molar-refractivity contribution < 1.29 is 13.9 Å². The van der Waals surface area contributed by atoms with E-state index in [2.05, 4.69) is 0 Å². The van der Waals surface area contributed by atoms with E-state index in [0.29, 0.717) is 6.61 Å². The van der Waals surface area contributed by atoms with Crippen molar-refractivity contribution in [1.29, 1.82) is 0 Å². The standard InChI is InChI=1S/C10H19O3P/c1-3-13-14(12)8-9(11)10(2)6-4-5-7-10/h14H,3-8H2,1-2H3. The Morgan fingerprint density at radius 2 is 2.00 bits per heavy atom. The maximum absolute atomic E-state index is 11.8. The summed E-state index contributed by atoms with van der Waals surface area (Å²) in [5, 5.41) is 0. The van der Waals surface area contributed by atoms with E-state index in [-0.39, 0.29) is 17.4 Å². The summed E-state index contributed by atoms with van der Waals surface area (Å²) in [7, 11) is -2.11. The predicted molar refractivity (Wildman–Crippen MR) is 57.1 cm³/mol. The van der Waals surface area contributed by atoms with Gasteiger partial charge in [0.2, 0.25) is 0 Å². The molecule has 1 saturated carbocycles. The molecule has 3 nitrogen and oxygen atoms in total. The van der Waals surface area contributed by atoms with Crippen LogP contribution >= 0.6 is 8.03 Å². The molecule has 0 aromatic carbocycles. The Bertz CT molecular complexity index is 232. The minimum absolute atomic E-state index is 0.132. The summed E-state index contributed by atoms with van der Waals surface area (Å²) in [6, 6.07) is 0. The van der Waals surface area contributed by atoms with Gasteiger partial charge in [-0.3, -0.25) is 9.36 Å². The van der Waals surface area contributed by atoms with Crippen LogP contribution in [0.4, 0.5) is 0 Å². The van der Waals surface area contributed by atoms with Crippen molar-refractivity contribution in [1.82, 2.24) is 0 Å². The van der Waals surface area contributed by atoms with Gasteiger partial charge in [0.1, 0.15) is 5.78 Å². The van der Waals surface area contributed by atoms with E-state index in [1.807, 2.05) is 6.92 Å². The molecule has 0 radical (unpaired) electrons. The molecule has 0 saturated heterocycles. The average Bonchev–Trinajstić information content (AvgIpc) is 2.54. The van der Waals surface area contributed by atoms with E-state index in [0.717, 1.165) is 25.7 Å². The third-order valence-corrected chi connectivity index (χ3v) is 4.21. The second-order valence-corrected chi connectivity index (χ2v) is 5.56. The first-order valence-electron chi connectivity index (χ1n) is 5.27. The number of carbonyl (C=O) groups is 1. The Hall–Kier alpha value is -0.140. The zero-order valence-corrected chi connectivity index (χ0v) is 9.97. The molecule has 0 aromatic heterocycles. The highest BCUT2D eigenvalue weighted by atomic mass is 31.1. The molecule has 4 heteroatoms. The van der Waals surface area contributed by atoms with Gasteiger partial charge in [-0.05, 0) is 19.8 Å². The monoisotopic (exact) mass is 218 g/mol. The third-order valence-electron chi connectivity index (χ3n) is 2.99. The average molecular weight is 218 g/mol. The van der Waals surface area contributed by atoms with Crippen LogP contribution in [0.2, 0.25) is 0 Å². The lowest BCUT2D eigenvalue weighted by Gasteiger charge is -2.21. The molecule has 1 unspecified atom stereocenters. The summed E-state index contributed by atoms with van der Waals surface area (Å²) in [4.78, 5) is 11.8. The van der Waals surface area contributed by atoms with Crippen molar-refractivity contribution in [3.63, 3.8) is 0 Å². The molecule has 0 spiro atoms. The highest BCUT2D eigenvalue weighted by Gasteiger charge is 2.36. The van der Waals surface area contributed by atoms with Gasteiger partial charge in [0, 0.05) is 5.41 Å². The number of hydrogen-bond acceptors (Lipinski definition) is 3. The van der Waals surface area contributed by atoms with E-state index in [1.165, 1.54) is 0 Å². The number of rotatable bonds is 5. The number of ketones is 1. The van der Waals surface area contributed by atoms with Crippen molar-refractivity contribution in [2.24, 2.45) is 5.41 Å². The molecular weight excluding hydrogens is 199 g/mol. The fourth-order valence-corrected chi connectivity index (χ4v) is 3.10. The Labute approximate surface area is 86.1 Å². The minimum Gasteiger partial charge on any atom is -0.330 e. The Morgan fingerprint density at radius 1 is 1.43 bits per heavy atom. The van der Waals surface area contributed by atoms with Gasteiger partial charge in [0.05, 0.1) is 12.8 Å². The van der Waals surface area contributed by atoms with Crippen LogP contribution < -0.4 is 0 Å². The molecule has 0 amide bonds. The highest BCUT2D eigenvalue weighted by Crippen LogP contribution is 2.40. The van der Waals surface area contributed by atoms with Crippen molar-refractivity contribution in [3.05, 3.63) is 0 Å². The smallest absolute Gasteiger partial charge is 0.198 e. The van der Waals surface area contributed by atoms with Crippen molar-refractivity contribution in [2.45, 2.75) is 39.5 Å². The van der Waals surface area contributed by atoms with Crippen molar-refractivity contribution in [3.8, 4) is 0 Å². The fourth-order valence-electron chi connectivity index (χ4n) is 1.99. The summed E-state index contributed by atoms with van der Waals surface area (Å²) in [6.07, 6.45) is 4.28. The Balaban J connectivity index is 2.45. The van der Waals surface area contributed by atoms with Crippen LogP contribution in [0.3, 0.4) is 0 Å². The lowest BCUT2D eigenvalue weighted by Crippen LogP contribution is -2.26. The molecule has 1 rings (SSSR count). The van der Waals surface area contributed by atoms with Gasteiger partial charge in [-0.2, -0.15) is 0 Å². The second-order valence-electron chi connectivity index (χ2n) is 4.17. The summed E-state index contributed by atoms with van der Waals surface area (Å²) in [6.45, 7) is 4.22. The van der Waals surface area contributed by atoms with Gasteiger partial charge in [0.15, 0.2) is 8.03 Å². The molecule has 14 heavy (non-hydrogen) atoms. The Kier molecular flexibility index (Phi) is 4.33. The van der Waals surface area contributed by atoms with Gasteiger partial charge in [0.25, 0.3) is 0 Å². The first kappa shape index (κ1) is 11.9. The first-order valence-corrected chi connectivity index (χ1v) is 6.80.